The molecule has 0 aliphatic carbocycles. The highest BCUT2D eigenvalue weighted by molar-refractivity contribution is 8.00. The van der Waals surface area contributed by atoms with Crippen LogP contribution in [0.4, 0.5) is 11.5 Å². The Balaban J connectivity index is 2.21. The van der Waals surface area contributed by atoms with Gasteiger partial charge >= 0.3 is 0 Å². The minimum Gasteiger partial charge on any atom is -0.495 e. The molecule has 1 heterocycles. The second-order valence-electron chi connectivity index (χ2n) is 5.16. The summed E-state index contributed by atoms with van der Waals surface area (Å²) < 4.78 is 5.20. The number of nitrogens with two attached hydrogens (primary N) is 1. The van der Waals surface area contributed by atoms with Gasteiger partial charge in [0.2, 0.25) is 5.91 Å². The molecule has 0 bridgehead atoms. The smallest absolute Gasteiger partial charge is 0.289 e. The Labute approximate surface area is 159 Å². The van der Waals surface area contributed by atoms with Gasteiger partial charge in [-0.25, -0.2) is 4.98 Å². The first-order valence-electron chi connectivity index (χ1n) is 7.36. The van der Waals surface area contributed by atoms with Crippen LogP contribution in [0, 0.1) is 22.7 Å². The zero-order chi connectivity index (χ0) is 19.3. The molecule has 0 aliphatic heterocycles. The Morgan fingerprint density at radius 2 is 2.04 bits per heavy atom. The van der Waals surface area contributed by atoms with Gasteiger partial charge in [0.1, 0.15) is 29.0 Å². The van der Waals surface area contributed by atoms with E-state index >= 15 is 0 Å². The number of anilines is 2. The zero-order valence-electron chi connectivity index (χ0n) is 14.0. The fourth-order valence-electron chi connectivity index (χ4n) is 2.06. The quantitative estimate of drug-likeness (QED) is 0.758. The number of hydrogen-bond acceptors (Lipinski definition) is 6. The van der Waals surface area contributed by atoms with Gasteiger partial charge in [-0.2, -0.15) is 10.5 Å². The number of aromatic nitrogens is 1. The number of rotatable bonds is 5. The van der Waals surface area contributed by atoms with Crippen molar-refractivity contribution in [1.82, 2.24) is 0 Å². The summed E-state index contributed by atoms with van der Waals surface area (Å²) in [5.74, 6) is 0.306. The average Bonchev–Trinajstić information content (AvgIpc) is 2.62. The van der Waals surface area contributed by atoms with E-state index < -0.39 is 5.25 Å². The number of nitrogens with one attached hydrogen (secondary N) is 2. The van der Waals surface area contributed by atoms with Crippen LogP contribution in [0.15, 0.2) is 29.3 Å². The monoisotopic (exact) mass is 388 g/mol. The first-order chi connectivity index (χ1) is 12.4. The van der Waals surface area contributed by atoms with Gasteiger partial charge in [0.25, 0.3) is 5.82 Å². The topological polar surface area (TPSA) is 126 Å². The van der Waals surface area contributed by atoms with Crippen molar-refractivity contribution in [3.8, 4) is 17.9 Å². The molecule has 0 radical (unpaired) electrons. The fraction of sp³-hybridized carbons (Fsp3) is 0.176. The molecule has 2 aromatic rings. The van der Waals surface area contributed by atoms with E-state index in [-0.39, 0.29) is 22.9 Å². The van der Waals surface area contributed by atoms with E-state index in [0.29, 0.717) is 21.5 Å². The van der Waals surface area contributed by atoms with Crippen LogP contribution in [0.2, 0.25) is 5.02 Å². The molecule has 7 nitrogen and oxygen atoms in total. The maximum Gasteiger partial charge on any atom is 0.289 e. The number of aromatic amines is 1. The Morgan fingerprint density at radius 3 is 2.65 bits per heavy atom. The van der Waals surface area contributed by atoms with Crippen LogP contribution in [-0.4, -0.2) is 18.3 Å². The second-order valence-corrected chi connectivity index (χ2v) is 6.94. The predicted octanol–water partition coefficient (Wildman–Crippen LogP) is 2.61. The Morgan fingerprint density at radius 1 is 1.35 bits per heavy atom. The van der Waals surface area contributed by atoms with Crippen LogP contribution >= 0.6 is 23.4 Å². The van der Waals surface area contributed by atoms with Gasteiger partial charge in [0.15, 0.2) is 5.03 Å². The molecule has 4 N–H and O–H groups in total. The number of halogens is 1. The van der Waals surface area contributed by atoms with Gasteiger partial charge in [-0.15, -0.1) is 0 Å². The van der Waals surface area contributed by atoms with Gasteiger partial charge in [-0.1, -0.05) is 23.4 Å². The number of hydrogen-bond donors (Lipinski definition) is 2. The highest BCUT2D eigenvalue weighted by Crippen LogP contribution is 2.30. The molecule has 0 saturated carbocycles. The van der Waals surface area contributed by atoms with E-state index in [1.807, 2.05) is 12.1 Å². The lowest BCUT2D eigenvalue weighted by molar-refractivity contribution is -0.410. The number of amides is 1. The summed E-state index contributed by atoms with van der Waals surface area (Å²) in [6.45, 7) is 1.68. The van der Waals surface area contributed by atoms with Gasteiger partial charge < -0.3 is 10.1 Å². The summed E-state index contributed by atoms with van der Waals surface area (Å²) >= 11 is 7.08. The van der Waals surface area contributed by atoms with Crippen molar-refractivity contribution in [1.29, 1.82) is 10.5 Å². The van der Waals surface area contributed by atoms with Gasteiger partial charge in [0.05, 0.1) is 18.0 Å². The van der Waals surface area contributed by atoms with Gasteiger partial charge in [-0.05, 0) is 31.2 Å². The molecule has 0 unspecified atom stereocenters. The number of thioether (sulfide) groups is 1. The highest BCUT2D eigenvalue weighted by Gasteiger charge is 2.22. The second kappa shape index (κ2) is 8.43. The average molecular weight is 389 g/mol. The molecule has 26 heavy (non-hydrogen) atoms. The van der Waals surface area contributed by atoms with E-state index in [9.17, 15) is 10.1 Å². The minimum absolute atomic E-state index is 0.137. The molecule has 1 aromatic carbocycles. The van der Waals surface area contributed by atoms with E-state index in [4.69, 9.17) is 27.3 Å². The number of nitriles is 2. The van der Waals surface area contributed by atoms with E-state index in [1.165, 1.54) is 13.2 Å². The summed E-state index contributed by atoms with van der Waals surface area (Å²) in [6.07, 6.45) is 0. The summed E-state index contributed by atoms with van der Waals surface area (Å²) in [5.41, 5.74) is 6.61. The molecular weight excluding hydrogens is 374 g/mol. The Bertz CT molecular complexity index is 936. The SMILES string of the molecule is COc1ccc(Cl)cc1NC(=O)[C@H](C)Sc1[nH+]c(N)c(C#N)cc1C#N. The molecule has 132 valence electrons. The van der Waals surface area contributed by atoms with Crippen LogP contribution in [0.1, 0.15) is 18.1 Å². The van der Waals surface area contributed by atoms with Crippen molar-refractivity contribution < 1.29 is 14.5 Å². The van der Waals surface area contributed by atoms with Crippen molar-refractivity contribution in [2.75, 3.05) is 18.2 Å². The molecule has 1 amide bonds. The van der Waals surface area contributed by atoms with E-state index in [2.05, 4.69) is 10.3 Å². The number of carbonyl (C=O) groups excluding carboxylic acids is 1. The Hall–Kier alpha value is -2.94. The molecular formula is C17H15ClN5O2S+. The third-order valence-corrected chi connectivity index (χ3v) is 4.76. The molecule has 9 heteroatoms. The molecule has 1 atom stereocenters. The number of carbonyl (C=O) groups is 1. The number of methoxy groups -OCH3 is 1. The van der Waals surface area contributed by atoms with Crippen LogP contribution < -0.4 is 20.8 Å². The van der Waals surface area contributed by atoms with Crippen LogP contribution in [-0.2, 0) is 4.79 Å². The minimum atomic E-state index is -0.561. The van der Waals surface area contributed by atoms with Crippen molar-refractivity contribution in [3.05, 3.63) is 40.4 Å². The molecule has 0 aliphatic rings. The van der Waals surface area contributed by atoms with Crippen LogP contribution in [0.25, 0.3) is 0 Å². The number of pyridine rings is 1. The first kappa shape index (κ1) is 19.4. The third-order valence-electron chi connectivity index (χ3n) is 3.40. The lowest BCUT2D eigenvalue weighted by atomic mass is 10.2. The maximum absolute atomic E-state index is 12.5. The molecule has 2 rings (SSSR count). The lowest BCUT2D eigenvalue weighted by Crippen LogP contribution is -2.25. The normalized spacial score (nSPS) is 11.1. The third kappa shape index (κ3) is 4.37. The predicted molar refractivity (Wildman–Crippen MR) is 98.8 cm³/mol. The molecule has 1 aromatic heterocycles. The fourth-order valence-corrected chi connectivity index (χ4v) is 3.15. The highest BCUT2D eigenvalue weighted by atomic mass is 35.5. The van der Waals surface area contributed by atoms with E-state index in [1.54, 1.807) is 25.1 Å². The van der Waals surface area contributed by atoms with Crippen molar-refractivity contribution >= 4 is 40.8 Å². The number of H-pyrrole nitrogens is 1. The maximum atomic E-state index is 12.5. The molecule has 0 spiro atoms. The summed E-state index contributed by atoms with van der Waals surface area (Å²) in [6, 6.07) is 10.2. The van der Waals surface area contributed by atoms with E-state index in [0.717, 1.165) is 11.8 Å². The van der Waals surface area contributed by atoms with Crippen molar-refractivity contribution in [2.45, 2.75) is 17.2 Å². The zero-order valence-corrected chi connectivity index (χ0v) is 15.5. The number of benzene rings is 1. The summed E-state index contributed by atoms with van der Waals surface area (Å²) in [7, 11) is 1.49. The first-order valence-corrected chi connectivity index (χ1v) is 8.62. The molecule has 0 fully saturated rings. The Kier molecular flexibility index (Phi) is 6.29. The van der Waals surface area contributed by atoms with Crippen LogP contribution in [0.5, 0.6) is 5.75 Å². The summed E-state index contributed by atoms with van der Waals surface area (Å²) in [5, 5.41) is 21.3. The largest absolute Gasteiger partial charge is 0.495 e. The van der Waals surface area contributed by atoms with Gasteiger partial charge in [-0.3, -0.25) is 10.5 Å². The van der Waals surface area contributed by atoms with Crippen molar-refractivity contribution in [3.63, 3.8) is 0 Å². The van der Waals surface area contributed by atoms with Gasteiger partial charge in [0, 0.05) is 5.02 Å². The standard InChI is InChI=1S/C17H14ClN5O2S/c1-9(16(24)22-13-6-12(18)3-4-14(13)25-2)26-17-11(8-20)5-10(7-19)15(21)23-17/h3-6,9H,1-2H3,(H2,21,23)(H,22,24)/p+1/t9-/m0/s1. The summed E-state index contributed by atoms with van der Waals surface area (Å²) in [4.78, 5) is 15.3. The number of ether oxygens (including phenoxy) is 1. The number of nitrogen functional groups attached to an aromatic ring is 1. The number of nitrogens with zero attached hydrogens (tertiary/aromatic N) is 2. The molecule has 0 saturated heterocycles. The lowest BCUT2D eigenvalue weighted by Gasteiger charge is -2.14. The van der Waals surface area contributed by atoms with Crippen LogP contribution in [0.3, 0.4) is 0 Å². The van der Waals surface area contributed by atoms with Crippen molar-refractivity contribution in [2.24, 2.45) is 0 Å².